The Hall–Kier alpha value is -2.05. The molecule has 28 heavy (non-hydrogen) atoms. The van der Waals surface area contributed by atoms with Crippen molar-refractivity contribution >= 4 is 17.4 Å². The van der Waals surface area contributed by atoms with Gasteiger partial charge in [0, 0.05) is 16.5 Å². The second-order valence-electron chi connectivity index (χ2n) is 6.88. The number of fused-ring (bicyclic) bond motifs is 1. The van der Waals surface area contributed by atoms with E-state index in [4.69, 9.17) is 9.84 Å². The van der Waals surface area contributed by atoms with Crippen molar-refractivity contribution in [3.63, 3.8) is 0 Å². The van der Waals surface area contributed by atoms with Crippen molar-refractivity contribution < 1.29 is 4.74 Å². The van der Waals surface area contributed by atoms with Crippen molar-refractivity contribution in [2.24, 2.45) is 0 Å². The number of aromatic nitrogens is 3. The van der Waals surface area contributed by atoms with Gasteiger partial charge >= 0.3 is 0 Å². The van der Waals surface area contributed by atoms with Crippen LogP contribution in [0.25, 0.3) is 16.9 Å². The molecule has 1 unspecified atom stereocenters. The Morgan fingerprint density at radius 2 is 1.93 bits per heavy atom. The van der Waals surface area contributed by atoms with Gasteiger partial charge in [0.25, 0.3) is 0 Å². The summed E-state index contributed by atoms with van der Waals surface area (Å²) in [5.41, 5.74) is 2.95. The molecule has 0 saturated carbocycles. The highest BCUT2D eigenvalue weighted by Crippen LogP contribution is 2.30. The van der Waals surface area contributed by atoms with Gasteiger partial charge < -0.3 is 9.64 Å². The van der Waals surface area contributed by atoms with Crippen molar-refractivity contribution in [2.45, 2.75) is 44.6 Å². The second-order valence-corrected chi connectivity index (χ2v) is 7.73. The van der Waals surface area contributed by atoms with E-state index in [1.165, 1.54) is 4.90 Å². The van der Waals surface area contributed by atoms with E-state index in [2.05, 4.69) is 55.1 Å². The van der Waals surface area contributed by atoms with Crippen molar-refractivity contribution in [1.29, 1.82) is 0 Å². The monoisotopic (exact) mass is 398 g/mol. The van der Waals surface area contributed by atoms with E-state index in [1.807, 2.05) is 28.9 Å². The highest BCUT2D eigenvalue weighted by atomic mass is 32.2. The fourth-order valence-corrected chi connectivity index (χ4v) is 3.97. The van der Waals surface area contributed by atoms with Crippen molar-refractivity contribution in [3.05, 3.63) is 42.6 Å². The van der Waals surface area contributed by atoms with Crippen LogP contribution in [0.5, 0.6) is 5.88 Å². The third kappa shape index (κ3) is 4.86. The van der Waals surface area contributed by atoms with E-state index in [-0.39, 0.29) is 6.10 Å². The molecule has 150 valence electrons. The van der Waals surface area contributed by atoms with E-state index in [9.17, 15) is 0 Å². The van der Waals surface area contributed by atoms with Crippen LogP contribution < -0.4 is 4.74 Å². The van der Waals surface area contributed by atoms with Crippen LogP contribution in [0.15, 0.2) is 47.5 Å². The van der Waals surface area contributed by atoms with Gasteiger partial charge in [0.15, 0.2) is 5.65 Å². The molecule has 6 heteroatoms. The third-order valence-electron chi connectivity index (χ3n) is 5.02. The molecule has 1 atom stereocenters. The average Bonchev–Trinajstić information content (AvgIpc) is 3.14. The highest BCUT2D eigenvalue weighted by Gasteiger charge is 2.13. The number of thioether (sulfide) groups is 1. The molecule has 0 saturated heterocycles. The zero-order chi connectivity index (χ0) is 19.9. The van der Waals surface area contributed by atoms with E-state index < -0.39 is 0 Å². The summed E-state index contributed by atoms with van der Waals surface area (Å²) < 4.78 is 7.99. The summed E-state index contributed by atoms with van der Waals surface area (Å²) in [5.74, 6) is 0.642. The van der Waals surface area contributed by atoms with E-state index in [0.717, 1.165) is 49.4 Å². The number of rotatable bonds is 10. The maximum atomic E-state index is 6.10. The molecule has 2 aromatic heterocycles. The van der Waals surface area contributed by atoms with Crippen LogP contribution in [0.4, 0.5) is 0 Å². The minimum absolute atomic E-state index is 0.131. The zero-order valence-corrected chi connectivity index (χ0v) is 18.1. The minimum atomic E-state index is 0.131. The summed E-state index contributed by atoms with van der Waals surface area (Å²) in [5, 5.41) is 4.71. The normalized spacial score (nSPS) is 12.6. The molecule has 0 aliphatic rings. The fraction of sp³-hybridized carbons (Fsp3) is 0.455. The molecule has 3 rings (SSSR count). The van der Waals surface area contributed by atoms with Crippen molar-refractivity contribution in [1.82, 2.24) is 19.5 Å². The molecular formula is C22H30N4OS. The molecule has 0 N–H and O–H groups in total. The summed E-state index contributed by atoms with van der Waals surface area (Å²) >= 11 is 1.73. The Morgan fingerprint density at radius 3 is 2.68 bits per heavy atom. The van der Waals surface area contributed by atoms with Crippen LogP contribution in [0.1, 0.15) is 33.6 Å². The molecule has 1 aromatic carbocycles. The van der Waals surface area contributed by atoms with Crippen LogP contribution in [-0.2, 0) is 0 Å². The lowest BCUT2D eigenvalue weighted by molar-refractivity contribution is 0.186. The molecule has 0 aliphatic carbocycles. The van der Waals surface area contributed by atoms with Gasteiger partial charge in [-0.25, -0.2) is 9.50 Å². The predicted octanol–water partition coefficient (Wildman–Crippen LogP) is 5.01. The van der Waals surface area contributed by atoms with Crippen LogP contribution in [0, 0.1) is 0 Å². The van der Waals surface area contributed by atoms with E-state index >= 15 is 0 Å². The number of imidazole rings is 1. The predicted molar refractivity (Wildman–Crippen MR) is 117 cm³/mol. The Labute approximate surface area is 172 Å². The van der Waals surface area contributed by atoms with Gasteiger partial charge in [-0.2, -0.15) is 0 Å². The molecule has 0 aliphatic heterocycles. The maximum Gasteiger partial charge on any atom is 0.232 e. The van der Waals surface area contributed by atoms with Gasteiger partial charge in [-0.05, 0) is 57.8 Å². The number of ether oxygens (including phenoxy) is 1. The zero-order valence-electron chi connectivity index (χ0n) is 17.3. The molecule has 0 spiro atoms. The van der Waals surface area contributed by atoms with Crippen LogP contribution in [-0.4, -0.2) is 51.5 Å². The molecule has 5 nitrogen and oxygen atoms in total. The summed E-state index contributed by atoms with van der Waals surface area (Å²) in [4.78, 5) is 8.16. The lowest BCUT2D eigenvalue weighted by Crippen LogP contribution is -2.25. The first-order valence-corrected chi connectivity index (χ1v) is 11.3. The van der Waals surface area contributed by atoms with Gasteiger partial charge in [-0.15, -0.1) is 16.9 Å². The minimum Gasteiger partial charge on any atom is -0.474 e. The lowest BCUT2D eigenvalue weighted by atomic mass is 10.2. The second kappa shape index (κ2) is 9.94. The summed E-state index contributed by atoms with van der Waals surface area (Å²) in [6.45, 7) is 9.85. The Balaban J connectivity index is 1.73. The number of benzene rings is 1. The van der Waals surface area contributed by atoms with Gasteiger partial charge in [-0.3, -0.25) is 0 Å². The van der Waals surface area contributed by atoms with Gasteiger partial charge in [0.05, 0.1) is 18.0 Å². The largest absolute Gasteiger partial charge is 0.474 e. The third-order valence-corrected chi connectivity index (χ3v) is 5.82. The average molecular weight is 399 g/mol. The molecule has 0 radical (unpaired) electrons. The Morgan fingerprint density at radius 1 is 1.14 bits per heavy atom. The molecule has 3 aromatic rings. The lowest BCUT2D eigenvalue weighted by Gasteiger charge is -2.19. The van der Waals surface area contributed by atoms with Gasteiger partial charge in [0.2, 0.25) is 5.88 Å². The summed E-state index contributed by atoms with van der Waals surface area (Å²) in [6.07, 6.45) is 6.25. The standard InChI is InChI=1S/C22H30N4OS/c1-5-25(6-2)15-9-10-17(3)27-22-14-13-21-23-16-19(26(21)24-22)18-11-7-8-12-20(18)28-4/h7-8,11-14,16-17H,5-6,9-10,15H2,1-4H3. The fourth-order valence-electron chi connectivity index (χ4n) is 3.37. The van der Waals surface area contributed by atoms with Crippen molar-refractivity contribution in [2.75, 3.05) is 25.9 Å². The quantitative estimate of drug-likeness (QED) is 0.449. The topological polar surface area (TPSA) is 42.7 Å². The van der Waals surface area contributed by atoms with Crippen LogP contribution >= 0.6 is 11.8 Å². The molecule has 0 bridgehead atoms. The number of nitrogens with zero attached hydrogens (tertiary/aromatic N) is 4. The molecule has 0 amide bonds. The van der Waals surface area contributed by atoms with Gasteiger partial charge in [-0.1, -0.05) is 32.0 Å². The SMILES string of the molecule is CCN(CC)CCCC(C)Oc1ccc2ncc(-c3ccccc3SC)n2n1. The van der Waals surface area contributed by atoms with E-state index in [0.29, 0.717) is 5.88 Å². The first-order chi connectivity index (χ1) is 13.7. The smallest absolute Gasteiger partial charge is 0.232 e. The molecule has 0 fully saturated rings. The molecule has 2 heterocycles. The summed E-state index contributed by atoms with van der Waals surface area (Å²) in [6, 6.07) is 12.2. The van der Waals surface area contributed by atoms with E-state index in [1.54, 1.807) is 11.8 Å². The van der Waals surface area contributed by atoms with Gasteiger partial charge in [0.1, 0.15) is 0 Å². The number of hydrogen-bond acceptors (Lipinski definition) is 5. The highest BCUT2D eigenvalue weighted by molar-refractivity contribution is 7.98. The Bertz CT molecular complexity index is 891. The molecular weight excluding hydrogens is 368 g/mol. The first kappa shape index (κ1) is 20.7. The number of hydrogen-bond donors (Lipinski definition) is 0. The maximum absolute atomic E-state index is 6.10. The van der Waals surface area contributed by atoms with Crippen LogP contribution in [0.3, 0.4) is 0 Å². The van der Waals surface area contributed by atoms with Crippen molar-refractivity contribution in [3.8, 4) is 17.1 Å². The Kier molecular flexibility index (Phi) is 7.34. The van der Waals surface area contributed by atoms with Crippen LogP contribution in [0.2, 0.25) is 0 Å². The first-order valence-electron chi connectivity index (χ1n) is 10.0. The summed E-state index contributed by atoms with van der Waals surface area (Å²) in [7, 11) is 0.